The highest BCUT2D eigenvalue weighted by Crippen LogP contribution is 2.13. The zero-order chi connectivity index (χ0) is 37.5. The van der Waals surface area contributed by atoms with E-state index in [0.29, 0.717) is 13.1 Å². The van der Waals surface area contributed by atoms with E-state index in [4.69, 9.17) is 18.9 Å². The lowest BCUT2D eigenvalue weighted by Gasteiger charge is -2.35. The molecule has 4 aromatic carbocycles. The van der Waals surface area contributed by atoms with E-state index in [1.807, 2.05) is 133 Å². The first kappa shape index (κ1) is 39.9. The number of carbonyl (C=O) groups excluding carboxylic acids is 4. The summed E-state index contributed by atoms with van der Waals surface area (Å²) in [6.45, 7) is 3.44. The Labute approximate surface area is 310 Å². The molecule has 3 N–H and O–H groups in total. The summed E-state index contributed by atoms with van der Waals surface area (Å²) in [5.41, 5.74) is 3.41. The van der Waals surface area contributed by atoms with Crippen LogP contribution < -0.4 is 16.0 Å². The van der Waals surface area contributed by atoms with Gasteiger partial charge in [-0.15, -0.1) is 0 Å². The molecule has 53 heavy (non-hydrogen) atoms. The second kappa shape index (κ2) is 22.8. The van der Waals surface area contributed by atoms with Gasteiger partial charge in [0.1, 0.15) is 26.4 Å². The number of hydrogen-bond donors (Lipinski definition) is 3. The summed E-state index contributed by atoms with van der Waals surface area (Å²) < 4.78 is 21.7. The highest BCUT2D eigenvalue weighted by Gasteiger charge is 2.27. The van der Waals surface area contributed by atoms with Crippen molar-refractivity contribution in [3.05, 3.63) is 144 Å². The maximum absolute atomic E-state index is 13.1. The van der Waals surface area contributed by atoms with E-state index in [-0.39, 0.29) is 58.4 Å². The van der Waals surface area contributed by atoms with E-state index in [1.54, 1.807) is 0 Å². The molecule has 0 aliphatic rings. The molecule has 0 radical (unpaired) electrons. The van der Waals surface area contributed by atoms with Gasteiger partial charge in [0.25, 0.3) is 0 Å². The Kier molecular flexibility index (Phi) is 17.2. The van der Waals surface area contributed by atoms with Gasteiger partial charge in [0.2, 0.25) is 0 Å². The average Bonchev–Trinajstić information content (AvgIpc) is 3.20. The van der Waals surface area contributed by atoms with Crippen molar-refractivity contribution in [1.82, 2.24) is 20.9 Å². The minimum absolute atomic E-state index is 0.0305. The largest absolute Gasteiger partial charge is 0.461 e. The fourth-order valence-corrected chi connectivity index (χ4v) is 5.36. The Morgan fingerprint density at radius 1 is 0.528 bits per heavy atom. The van der Waals surface area contributed by atoms with Gasteiger partial charge in [-0.2, -0.15) is 0 Å². The van der Waals surface area contributed by atoms with Crippen LogP contribution in [0.4, 0.5) is 14.4 Å². The predicted octanol–water partition coefficient (Wildman–Crippen LogP) is 6.35. The number of hydrogen-bond acceptors (Lipinski definition) is 9. The number of alkyl carbamates (subject to hydrolysis) is 3. The maximum Gasteiger partial charge on any atom is 0.407 e. The summed E-state index contributed by atoms with van der Waals surface area (Å²) in [7, 11) is 0. The van der Waals surface area contributed by atoms with Gasteiger partial charge in [-0.1, -0.05) is 121 Å². The Morgan fingerprint density at radius 2 is 0.887 bits per heavy atom. The molecule has 12 nitrogen and oxygen atoms in total. The van der Waals surface area contributed by atoms with E-state index < -0.39 is 30.3 Å². The molecular formula is C41H48N4O8. The minimum atomic E-state index is -0.645. The second-order valence-electron chi connectivity index (χ2n) is 12.3. The number of nitrogens with one attached hydrogen (secondary N) is 3. The summed E-state index contributed by atoms with van der Waals surface area (Å²) in [6.07, 6.45) is -1.53. The van der Waals surface area contributed by atoms with Gasteiger partial charge in [-0.3, -0.25) is 9.69 Å². The van der Waals surface area contributed by atoms with Crippen LogP contribution in [0.3, 0.4) is 0 Å². The van der Waals surface area contributed by atoms with Crippen LogP contribution in [0, 0.1) is 0 Å². The fourth-order valence-electron chi connectivity index (χ4n) is 5.36. The van der Waals surface area contributed by atoms with Gasteiger partial charge in [0, 0.05) is 44.7 Å². The monoisotopic (exact) mass is 724 g/mol. The SMILES string of the molecule is CC(C(CCC(=O)OCc1ccccc1)NC(=O)OCc1ccccc1)N(CCNC(=O)OCc1ccccc1)CCNC(=O)OCc1ccccc1. The molecule has 0 saturated heterocycles. The molecule has 4 aromatic rings. The van der Waals surface area contributed by atoms with Crippen molar-refractivity contribution in [2.24, 2.45) is 0 Å². The molecular weight excluding hydrogens is 676 g/mol. The first-order valence-corrected chi connectivity index (χ1v) is 17.7. The summed E-state index contributed by atoms with van der Waals surface area (Å²) in [5.74, 6) is -0.414. The number of ether oxygens (including phenoxy) is 4. The smallest absolute Gasteiger partial charge is 0.407 e. The summed E-state index contributed by atoms with van der Waals surface area (Å²) >= 11 is 0. The molecule has 280 valence electrons. The van der Waals surface area contributed by atoms with Crippen molar-refractivity contribution in [3.63, 3.8) is 0 Å². The minimum Gasteiger partial charge on any atom is -0.461 e. The van der Waals surface area contributed by atoms with Crippen LogP contribution in [0.1, 0.15) is 42.0 Å². The molecule has 4 rings (SSSR count). The molecule has 12 heteroatoms. The lowest BCUT2D eigenvalue weighted by Crippen LogP contribution is -2.53. The number of carbonyl (C=O) groups is 4. The van der Waals surface area contributed by atoms with Gasteiger partial charge in [-0.25, -0.2) is 14.4 Å². The Bertz CT molecular complexity index is 1600. The lowest BCUT2D eigenvalue weighted by atomic mass is 10.0. The highest BCUT2D eigenvalue weighted by molar-refractivity contribution is 5.70. The quantitative estimate of drug-likeness (QED) is 0.0702. The zero-order valence-corrected chi connectivity index (χ0v) is 30.0. The van der Waals surface area contributed by atoms with Gasteiger partial charge in [0.05, 0.1) is 0 Å². The molecule has 0 heterocycles. The normalized spacial score (nSPS) is 11.8. The standard InChI is InChI=1S/C41H48N4O8/c1-32(37(44-41(49)53-31-36-20-12-5-13-21-36)22-23-38(46)50-28-33-14-6-2-7-15-33)45(26-24-42-39(47)51-29-34-16-8-3-9-17-34)27-25-43-40(48)52-30-35-18-10-4-11-19-35/h2-21,32,37H,22-31H2,1H3,(H,42,47)(H,43,48)(H,44,49). The van der Waals surface area contributed by atoms with Crippen LogP contribution >= 0.6 is 0 Å². The molecule has 0 aliphatic carbocycles. The third-order valence-corrected chi connectivity index (χ3v) is 8.34. The van der Waals surface area contributed by atoms with E-state index in [1.165, 1.54) is 0 Å². The van der Waals surface area contributed by atoms with Crippen molar-refractivity contribution < 1.29 is 38.1 Å². The van der Waals surface area contributed by atoms with Crippen LogP contribution in [0.25, 0.3) is 0 Å². The van der Waals surface area contributed by atoms with E-state index >= 15 is 0 Å². The molecule has 0 spiro atoms. The van der Waals surface area contributed by atoms with Crippen molar-refractivity contribution in [2.75, 3.05) is 26.2 Å². The fraction of sp³-hybridized carbons (Fsp3) is 0.317. The molecule has 0 aliphatic heterocycles. The van der Waals surface area contributed by atoms with E-state index in [0.717, 1.165) is 22.3 Å². The van der Waals surface area contributed by atoms with Gasteiger partial charge < -0.3 is 34.9 Å². The lowest BCUT2D eigenvalue weighted by molar-refractivity contribution is -0.145. The van der Waals surface area contributed by atoms with E-state index in [2.05, 4.69) is 16.0 Å². The topological polar surface area (TPSA) is 145 Å². The number of amides is 3. The zero-order valence-electron chi connectivity index (χ0n) is 30.0. The van der Waals surface area contributed by atoms with Crippen molar-refractivity contribution >= 4 is 24.2 Å². The van der Waals surface area contributed by atoms with Crippen LogP contribution in [0.2, 0.25) is 0 Å². The van der Waals surface area contributed by atoms with Gasteiger partial charge in [0.15, 0.2) is 0 Å². The van der Waals surface area contributed by atoms with Gasteiger partial charge >= 0.3 is 24.2 Å². The Morgan fingerprint density at radius 3 is 1.28 bits per heavy atom. The molecule has 2 atom stereocenters. The summed E-state index contributed by atoms with van der Waals surface area (Å²) in [5, 5.41) is 8.49. The van der Waals surface area contributed by atoms with Crippen molar-refractivity contribution in [2.45, 2.75) is 58.3 Å². The molecule has 2 unspecified atom stereocenters. The maximum atomic E-state index is 13.1. The first-order valence-electron chi connectivity index (χ1n) is 17.7. The highest BCUT2D eigenvalue weighted by atomic mass is 16.6. The number of nitrogens with zero attached hydrogens (tertiary/aromatic N) is 1. The Balaban J connectivity index is 1.38. The number of rotatable bonds is 20. The predicted molar refractivity (Wildman–Crippen MR) is 199 cm³/mol. The van der Waals surface area contributed by atoms with Crippen molar-refractivity contribution in [3.8, 4) is 0 Å². The van der Waals surface area contributed by atoms with Crippen molar-refractivity contribution in [1.29, 1.82) is 0 Å². The number of benzene rings is 4. The second-order valence-corrected chi connectivity index (χ2v) is 12.3. The summed E-state index contributed by atoms with van der Waals surface area (Å²) in [6, 6.07) is 36.4. The average molecular weight is 725 g/mol. The summed E-state index contributed by atoms with van der Waals surface area (Å²) in [4.78, 5) is 52.9. The van der Waals surface area contributed by atoms with Crippen LogP contribution in [0.5, 0.6) is 0 Å². The molecule has 0 bridgehead atoms. The third kappa shape index (κ3) is 15.9. The molecule has 0 aromatic heterocycles. The molecule has 0 fully saturated rings. The van der Waals surface area contributed by atoms with Gasteiger partial charge in [-0.05, 0) is 35.6 Å². The van der Waals surface area contributed by atoms with Crippen LogP contribution in [-0.2, 0) is 50.2 Å². The first-order chi connectivity index (χ1) is 25.9. The number of esters is 1. The van der Waals surface area contributed by atoms with E-state index in [9.17, 15) is 19.2 Å². The Hall–Kier alpha value is -5.88. The molecule has 3 amide bonds. The van der Waals surface area contributed by atoms with Crippen LogP contribution in [-0.4, -0.2) is 67.4 Å². The molecule has 0 saturated carbocycles. The van der Waals surface area contributed by atoms with Crippen LogP contribution in [0.15, 0.2) is 121 Å². The third-order valence-electron chi connectivity index (χ3n) is 8.34.